The van der Waals surface area contributed by atoms with Gasteiger partial charge in [0, 0.05) is 30.9 Å². The van der Waals surface area contributed by atoms with E-state index in [1.807, 2.05) is 6.07 Å². The Morgan fingerprint density at radius 1 is 1.36 bits per heavy atom. The molecular formula is C17H20Cl2N4O2. The van der Waals surface area contributed by atoms with Crippen molar-refractivity contribution in [3.8, 4) is 6.07 Å². The lowest BCUT2D eigenvalue weighted by Gasteiger charge is -2.26. The van der Waals surface area contributed by atoms with Gasteiger partial charge in [-0.25, -0.2) is 0 Å². The first-order valence-corrected chi connectivity index (χ1v) is 8.76. The number of amides is 1. The van der Waals surface area contributed by atoms with Gasteiger partial charge in [0.05, 0.1) is 23.9 Å². The molecular weight excluding hydrogens is 363 g/mol. The highest BCUT2D eigenvalue weighted by Gasteiger charge is 2.12. The first-order valence-electron chi connectivity index (χ1n) is 8.00. The van der Waals surface area contributed by atoms with Crippen molar-refractivity contribution < 1.29 is 9.53 Å². The Balaban J connectivity index is 1.78. The summed E-state index contributed by atoms with van der Waals surface area (Å²) in [7, 11) is 0. The molecule has 1 saturated heterocycles. The number of nitrogens with zero attached hydrogens (tertiary/aromatic N) is 2. The van der Waals surface area contributed by atoms with Gasteiger partial charge in [0.25, 0.3) is 5.91 Å². The van der Waals surface area contributed by atoms with E-state index in [1.54, 1.807) is 12.1 Å². The second-order valence-corrected chi connectivity index (χ2v) is 6.35. The number of benzene rings is 1. The summed E-state index contributed by atoms with van der Waals surface area (Å²) in [6, 6.07) is 6.61. The Morgan fingerprint density at radius 3 is 2.80 bits per heavy atom. The highest BCUT2D eigenvalue weighted by molar-refractivity contribution is 6.36. The zero-order valence-electron chi connectivity index (χ0n) is 13.7. The maximum atomic E-state index is 12.1. The van der Waals surface area contributed by atoms with Gasteiger partial charge in [-0.15, -0.1) is 0 Å². The van der Waals surface area contributed by atoms with E-state index in [2.05, 4.69) is 15.5 Å². The number of anilines is 1. The number of morpholine rings is 1. The van der Waals surface area contributed by atoms with Crippen LogP contribution in [0.5, 0.6) is 0 Å². The molecule has 25 heavy (non-hydrogen) atoms. The molecule has 1 heterocycles. The number of rotatable bonds is 7. The number of nitriles is 1. The number of nitrogens with one attached hydrogen (secondary N) is 2. The van der Waals surface area contributed by atoms with Crippen LogP contribution >= 0.6 is 23.2 Å². The molecule has 0 aromatic heterocycles. The molecule has 134 valence electrons. The van der Waals surface area contributed by atoms with Crippen molar-refractivity contribution in [2.75, 3.05) is 44.7 Å². The van der Waals surface area contributed by atoms with E-state index in [0.29, 0.717) is 22.3 Å². The summed E-state index contributed by atoms with van der Waals surface area (Å²) in [5.74, 6) is -0.521. The lowest BCUT2D eigenvalue weighted by molar-refractivity contribution is -0.112. The van der Waals surface area contributed by atoms with Crippen molar-refractivity contribution in [3.05, 3.63) is 40.0 Å². The molecule has 6 nitrogen and oxygen atoms in total. The van der Waals surface area contributed by atoms with Crippen LogP contribution in [0.1, 0.15) is 6.42 Å². The summed E-state index contributed by atoms with van der Waals surface area (Å²) in [6.07, 6.45) is 2.35. The van der Waals surface area contributed by atoms with Gasteiger partial charge >= 0.3 is 0 Å². The molecule has 0 aliphatic carbocycles. The van der Waals surface area contributed by atoms with Crippen molar-refractivity contribution in [3.63, 3.8) is 0 Å². The minimum Gasteiger partial charge on any atom is -0.390 e. The zero-order chi connectivity index (χ0) is 18.1. The van der Waals surface area contributed by atoms with Crippen LogP contribution in [0, 0.1) is 11.3 Å². The van der Waals surface area contributed by atoms with Gasteiger partial charge in [-0.05, 0) is 31.2 Å². The summed E-state index contributed by atoms with van der Waals surface area (Å²) < 4.78 is 5.30. The third-order valence-electron chi connectivity index (χ3n) is 3.69. The van der Waals surface area contributed by atoms with Gasteiger partial charge < -0.3 is 15.4 Å². The highest BCUT2D eigenvalue weighted by atomic mass is 35.5. The molecule has 0 spiro atoms. The maximum Gasteiger partial charge on any atom is 0.267 e. The molecule has 2 N–H and O–H groups in total. The summed E-state index contributed by atoms with van der Waals surface area (Å²) in [5.41, 5.74) is 0.391. The first-order chi connectivity index (χ1) is 12.1. The summed E-state index contributed by atoms with van der Waals surface area (Å²) in [5, 5.41) is 15.5. The van der Waals surface area contributed by atoms with E-state index in [1.165, 1.54) is 12.3 Å². The zero-order valence-corrected chi connectivity index (χ0v) is 15.2. The average molecular weight is 383 g/mol. The molecule has 1 aliphatic heterocycles. The van der Waals surface area contributed by atoms with Gasteiger partial charge in [-0.1, -0.05) is 23.2 Å². The maximum absolute atomic E-state index is 12.1. The lowest BCUT2D eigenvalue weighted by Crippen LogP contribution is -2.37. The number of halogens is 2. The van der Waals surface area contributed by atoms with Gasteiger partial charge in [-0.3, -0.25) is 9.69 Å². The Morgan fingerprint density at radius 2 is 2.12 bits per heavy atom. The van der Waals surface area contributed by atoms with Gasteiger partial charge in [-0.2, -0.15) is 5.26 Å². The second-order valence-electron chi connectivity index (χ2n) is 5.51. The number of hydrogen-bond donors (Lipinski definition) is 2. The van der Waals surface area contributed by atoms with Crippen LogP contribution in [-0.2, 0) is 9.53 Å². The highest BCUT2D eigenvalue weighted by Crippen LogP contribution is 2.25. The first kappa shape index (κ1) is 19.5. The van der Waals surface area contributed by atoms with Gasteiger partial charge in [0.15, 0.2) is 0 Å². The van der Waals surface area contributed by atoms with E-state index < -0.39 is 5.91 Å². The molecule has 0 saturated carbocycles. The average Bonchev–Trinajstić information content (AvgIpc) is 2.61. The van der Waals surface area contributed by atoms with Crippen LogP contribution in [0.2, 0.25) is 10.0 Å². The third-order valence-corrected chi connectivity index (χ3v) is 4.24. The molecule has 0 radical (unpaired) electrons. The minimum atomic E-state index is -0.521. The standard InChI is InChI=1S/C17H20Cl2N4O2/c18-14-2-3-16(15(19)10-14)22-17(24)13(11-20)12-21-4-1-5-23-6-8-25-9-7-23/h2-3,10,12,21H,1,4-9H2,(H,22,24)/b13-12-. The summed E-state index contributed by atoms with van der Waals surface area (Å²) >= 11 is 11.8. The second kappa shape index (κ2) is 10.3. The fourth-order valence-electron chi connectivity index (χ4n) is 2.33. The minimum absolute atomic E-state index is 0.0163. The van der Waals surface area contributed by atoms with Crippen molar-refractivity contribution in [1.82, 2.24) is 10.2 Å². The molecule has 1 fully saturated rings. The topological polar surface area (TPSA) is 77.4 Å². The summed E-state index contributed by atoms with van der Waals surface area (Å²) in [4.78, 5) is 14.5. The monoisotopic (exact) mass is 382 g/mol. The fraction of sp³-hybridized carbons (Fsp3) is 0.412. The van der Waals surface area contributed by atoms with Crippen LogP contribution in [0.25, 0.3) is 0 Å². The van der Waals surface area contributed by atoms with E-state index in [-0.39, 0.29) is 5.57 Å². The number of hydrogen-bond acceptors (Lipinski definition) is 5. The molecule has 0 bridgehead atoms. The smallest absolute Gasteiger partial charge is 0.267 e. The van der Waals surface area contributed by atoms with Crippen LogP contribution in [0.15, 0.2) is 30.0 Å². The van der Waals surface area contributed by atoms with Gasteiger partial charge in [0.2, 0.25) is 0 Å². The number of carbonyl (C=O) groups is 1. The van der Waals surface area contributed by atoms with E-state index in [0.717, 1.165) is 39.3 Å². The molecule has 0 atom stereocenters. The Bertz CT molecular complexity index is 667. The Kier molecular flexibility index (Phi) is 8.02. The molecule has 0 unspecified atom stereocenters. The van der Waals surface area contributed by atoms with Crippen molar-refractivity contribution in [1.29, 1.82) is 5.26 Å². The molecule has 1 aromatic carbocycles. The fourth-order valence-corrected chi connectivity index (χ4v) is 2.79. The van der Waals surface area contributed by atoms with Gasteiger partial charge in [0.1, 0.15) is 11.6 Å². The van der Waals surface area contributed by atoms with Crippen LogP contribution in [0.3, 0.4) is 0 Å². The van der Waals surface area contributed by atoms with E-state index in [4.69, 9.17) is 33.2 Å². The van der Waals surface area contributed by atoms with Crippen LogP contribution in [0.4, 0.5) is 5.69 Å². The predicted molar refractivity (Wildman–Crippen MR) is 98.7 cm³/mol. The van der Waals surface area contributed by atoms with E-state index >= 15 is 0 Å². The molecule has 2 rings (SSSR count). The van der Waals surface area contributed by atoms with Crippen LogP contribution < -0.4 is 10.6 Å². The lowest BCUT2D eigenvalue weighted by atomic mass is 10.2. The third kappa shape index (κ3) is 6.56. The van der Waals surface area contributed by atoms with Crippen molar-refractivity contribution in [2.24, 2.45) is 0 Å². The quantitative estimate of drug-likeness (QED) is 0.430. The summed E-state index contributed by atoms with van der Waals surface area (Å²) in [6.45, 7) is 5.09. The predicted octanol–water partition coefficient (Wildman–Crippen LogP) is 2.65. The van der Waals surface area contributed by atoms with Crippen molar-refractivity contribution in [2.45, 2.75) is 6.42 Å². The Hall–Kier alpha value is -1.78. The molecule has 1 amide bonds. The Labute approximate surface area is 157 Å². The normalized spacial score (nSPS) is 15.5. The largest absolute Gasteiger partial charge is 0.390 e. The number of carbonyl (C=O) groups excluding carboxylic acids is 1. The molecule has 1 aliphatic rings. The van der Waals surface area contributed by atoms with E-state index in [9.17, 15) is 4.79 Å². The molecule has 1 aromatic rings. The molecule has 8 heteroatoms. The van der Waals surface area contributed by atoms with Crippen LogP contribution in [-0.4, -0.2) is 50.2 Å². The van der Waals surface area contributed by atoms with Crippen molar-refractivity contribution >= 4 is 34.8 Å². The number of ether oxygens (including phenoxy) is 1. The SMILES string of the molecule is N#C/C(=C/NCCCN1CCOCC1)C(=O)Nc1ccc(Cl)cc1Cl.